The molecular formula is C34H45N3O5. The number of rotatable bonds is 7. The average Bonchev–Trinajstić information content (AvgIpc) is 2.98. The first-order valence-corrected chi connectivity index (χ1v) is 15.9. The number of morpholine rings is 1. The molecule has 0 aromatic heterocycles. The van der Waals surface area contributed by atoms with Crippen LogP contribution in [0, 0.1) is 23.7 Å². The van der Waals surface area contributed by atoms with E-state index in [0.717, 1.165) is 92.2 Å². The van der Waals surface area contributed by atoms with Gasteiger partial charge in [-0.25, -0.2) is 4.79 Å². The third kappa shape index (κ3) is 5.97. The molecule has 6 aliphatic rings. The Hall–Kier alpha value is -2.49. The molecule has 2 aromatic rings. The molecule has 4 saturated carbocycles. The lowest BCUT2D eigenvalue weighted by Gasteiger charge is -2.56. The van der Waals surface area contributed by atoms with E-state index < -0.39 is 6.29 Å². The van der Waals surface area contributed by atoms with Crippen molar-refractivity contribution in [2.45, 2.75) is 76.1 Å². The Morgan fingerprint density at radius 1 is 0.952 bits per heavy atom. The summed E-state index contributed by atoms with van der Waals surface area (Å²) < 4.78 is 18.9. The number of benzene rings is 2. The van der Waals surface area contributed by atoms with E-state index >= 15 is 0 Å². The van der Waals surface area contributed by atoms with Crippen LogP contribution in [0.15, 0.2) is 48.5 Å². The number of hydrogen-bond donors (Lipinski definition) is 3. The minimum absolute atomic E-state index is 0.0168. The summed E-state index contributed by atoms with van der Waals surface area (Å²) in [5.41, 5.74) is 3.55. The highest BCUT2D eigenvalue weighted by atomic mass is 16.7. The summed E-state index contributed by atoms with van der Waals surface area (Å²) >= 11 is 0. The van der Waals surface area contributed by atoms with Gasteiger partial charge in [-0.05, 0) is 79.5 Å². The summed E-state index contributed by atoms with van der Waals surface area (Å²) in [6, 6.07) is 15.8. The predicted molar refractivity (Wildman–Crippen MR) is 160 cm³/mol. The third-order valence-electron chi connectivity index (χ3n) is 10.5. The predicted octanol–water partition coefficient (Wildman–Crippen LogP) is 5.39. The van der Waals surface area contributed by atoms with Gasteiger partial charge in [-0.2, -0.15) is 0 Å². The van der Waals surface area contributed by atoms with E-state index in [9.17, 15) is 9.90 Å². The van der Waals surface area contributed by atoms with E-state index in [0.29, 0.717) is 0 Å². The number of aliphatic hydroxyl groups excluding tert-OH is 1. The van der Waals surface area contributed by atoms with Crippen LogP contribution in [0.25, 0.3) is 0 Å². The number of nitrogens with zero attached hydrogens (tertiary/aromatic N) is 1. The zero-order valence-electron chi connectivity index (χ0n) is 24.7. The molecule has 42 heavy (non-hydrogen) atoms. The number of nitrogens with one attached hydrogen (secondary N) is 2. The zero-order chi connectivity index (χ0) is 28.7. The summed E-state index contributed by atoms with van der Waals surface area (Å²) in [6.45, 7) is 6.29. The number of anilines is 1. The van der Waals surface area contributed by atoms with Crippen LogP contribution >= 0.6 is 0 Å². The Morgan fingerprint density at radius 3 is 2.31 bits per heavy atom. The molecule has 4 bridgehead atoms. The Kier molecular flexibility index (Phi) is 8.01. The fourth-order valence-electron chi connectivity index (χ4n) is 8.80. The van der Waals surface area contributed by atoms with Gasteiger partial charge in [0, 0.05) is 42.3 Å². The average molecular weight is 576 g/mol. The van der Waals surface area contributed by atoms with E-state index in [1.165, 1.54) is 19.3 Å². The Labute approximate surface area is 249 Å². The molecule has 2 saturated heterocycles. The van der Waals surface area contributed by atoms with Crippen molar-refractivity contribution >= 4 is 11.7 Å². The molecule has 6 fully saturated rings. The maximum Gasteiger partial charge on any atom is 0.319 e. The fourth-order valence-corrected chi connectivity index (χ4v) is 8.80. The van der Waals surface area contributed by atoms with Crippen LogP contribution in [-0.4, -0.2) is 60.5 Å². The molecule has 0 radical (unpaired) electrons. The number of carbonyl (C=O) groups excluding carboxylic acids is 1. The standard InChI is InChI=1S/C34H45N3O5/c1-22-30(20-37-9-11-40-12-10-37)41-32(42-31(22)27-7-5-23(21-38)6-8-27)28-3-2-4-29(16-28)35-33(39)36-34-17-24-13-25(18-34)15-26(14-24)19-34/h2-8,16,22,24-26,30-32,38H,9-15,17-21H2,1H3,(H2,35,36,39)/t22-,24?,25?,26?,30+,31+,32+,34?/m1/s1. The van der Waals surface area contributed by atoms with Crippen LogP contribution in [0.1, 0.15) is 74.5 Å². The molecule has 2 aromatic carbocycles. The van der Waals surface area contributed by atoms with Crippen molar-refractivity contribution in [1.82, 2.24) is 10.2 Å². The van der Waals surface area contributed by atoms with Gasteiger partial charge >= 0.3 is 6.03 Å². The molecular weight excluding hydrogens is 530 g/mol. The van der Waals surface area contributed by atoms with E-state index in [2.05, 4.69) is 22.5 Å². The highest BCUT2D eigenvalue weighted by molar-refractivity contribution is 5.89. The van der Waals surface area contributed by atoms with Gasteiger partial charge in [-0.15, -0.1) is 0 Å². The largest absolute Gasteiger partial charge is 0.392 e. The molecule has 3 N–H and O–H groups in total. The van der Waals surface area contributed by atoms with Crippen molar-refractivity contribution in [2.75, 3.05) is 38.2 Å². The van der Waals surface area contributed by atoms with Crippen LogP contribution < -0.4 is 10.6 Å². The summed E-state index contributed by atoms with van der Waals surface area (Å²) in [5.74, 6) is 2.46. The van der Waals surface area contributed by atoms with E-state index in [1.54, 1.807) is 0 Å². The van der Waals surface area contributed by atoms with Gasteiger partial charge in [0.05, 0.1) is 32.0 Å². The number of carbonyl (C=O) groups is 1. The van der Waals surface area contributed by atoms with Gasteiger partial charge in [-0.3, -0.25) is 4.90 Å². The summed E-state index contributed by atoms with van der Waals surface area (Å²) in [4.78, 5) is 15.7. The smallest absolute Gasteiger partial charge is 0.319 e. The lowest BCUT2D eigenvalue weighted by Crippen LogP contribution is -2.60. The molecule has 2 aliphatic heterocycles. The summed E-state index contributed by atoms with van der Waals surface area (Å²) in [6.07, 6.45) is 6.65. The lowest BCUT2D eigenvalue weighted by molar-refractivity contribution is -0.277. The van der Waals surface area contributed by atoms with Crippen molar-refractivity contribution < 1.29 is 24.1 Å². The number of hydrogen-bond acceptors (Lipinski definition) is 6. The van der Waals surface area contributed by atoms with Crippen molar-refractivity contribution in [2.24, 2.45) is 23.7 Å². The molecule has 2 heterocycles. The Bertz CT molecular complexity index is 1210. The highest BCUT2D eigenvalue weighted by Crippen LogP contribution is 2.55. The Balaban J connectivity index is 1.07. The number of ether oxygens (including phenoxy) is 3. The minimum Gasteiger partial charge on any atom is -0.392 e. The monoisotopic (exact) mass is 575 g/mol. The third-order valence-corrected chi connectivity index (χ3v) is 10.5. The van der Waals surface area contributed by atoms with E-state index in [4.69, 9.17) is 14.2 Å². The number of urea groups is 1. The molecule has 2 amide bonds. The number of aliphatic hydroxyl groups is 1. The topological polar surface area (TPSA) is 92.3 Å². The fraction of sp³-hybridized carbons (Fsp3) is 0.618. The van der Waals surface area contributed by atoms with Crippen molar-refractivity contribution in [1.29, 1.82) is 0 Å². The van der Waals surface area contributed by atoms with Crippen LogP contribution in [0.5, 0.6) is 0 Å². The minimum atomic E-state index is -0.567. The first-order valence-electron chi connectivity index (χ1n) is 15.9. The SMILES string of the molecule is C[C@@H]1[C@H](CN2CCOCC2)O[C@H](c2cccc(NC(=O)NC34CC5CC(CC(C5)C3)C4)c2)O[C@@H]1c1ccc(CO)cc1. The van der Waals surface area contributed by atoms with Gasteiger partial charge in [0.25, 0.3) is 0 Å². The van der Waals surface area contributed by atoms with Gasteiger partial charge in [0.15, 0.2) is 6.29 Å². The van der Waals surface area contributed by atoms with Crippen molar-refractivity contribution in [3.05, 3.63) is 65.2 Å². The second kappa shape index (κ2) is 11.9. The maximum atomic E-state index is 13.3. The van der Waals surface area contributed by atoms with Crippen LogP contribution in [0.3, 0.4) is 0 Å². The van der Waals surface area contributed by atoms with Crippen molar-refractivity contribution in [3.8, 4) is 0 Å². The van der Waals surface area contributed by atoms with Crippen molar-refractivity contribution in [3.63, 3.8) is 0 Å². The Morgan fingerprint density at radius 2 is 1.64 bits per heavy atom. The normalized spacial score (nSPS) is 36.1. The molecule has 8 rings (SSSR count). The van der Waals surface area contributed by atoms with Crippen LogP contribution in [0.2, 0.25) is 0 Å². The second-order valence-electron chi connectivity index (χ2n) is 13.6. The summed E-state index contributed by atoms with van der Waals surface area (Å²) in [5, 5.41) is 16.1. The molecule has 4 atom stereocenters. The quantitative estimate of drug-likeness (QED) is 0.410. The molecule has 8 nitrogen and oxygen atoms in total. The molecule has 226 valence electrons. The first-order chi connectivity index (χ1) is 20.4. The van der Waals surface area contributed by atoms with Gasteiger partial charge in [-0.1, -0.05) is 43.3 Å². The highest BCUT2D eigenvalue weighted by Gasteiger charge is 2.51. The second-order valence-corrected chi connectivity index (χ2v) is 13.6. The molecule has 0 unspecified atom stereocenters. The summed E-state index contributed by atoms with van der Waals surface area (Å²) in [7, 11) is 0. The van der Waals surface area contributed by atoms with Crippen LogP contribution in [0.4, 0.5) is 10.5 Å². The zero-order valence-corrected chi connectivity index (χ0v) is 24.7. The van der Waals surface area contributed by atoms with Gasteiger partial charge < -0.3 is 30.0 Å². The number of amides is 2. The maximum absolute atomic E-state index is 13.3. The van der Waals surface area contributed by atoms with E-state index in [1.807, 2.05) is 48.5 Å². The lowest BCUT2D eigenvalue weighted by atomic mass is 9.53. The first kappa shape index (κ1) is 28.3. The van der Waals surface area contributed by atoms with Gasteiger partial charge in [0.1, 0.15) is 0 Å². The van der Waals surface area contributed by atoms with Gasteiger partial charge in [0.2, 0.25) is 0 Å². The molecule has 8 heteroatoms. The molecule has 0 spiro atoms. The van der Waals surface area contributed by atoms with E-state index in [-0.39, 0.29) is 36.3 Å². The molecule has 4 aliphatic carbocycles. The van der Waals surface area contributed by atoms with Crippen LogP contribution in [-0.2, 0) is 20.8 Å².